The molecule has 6 aliphatic rings. The molecular formula is C34H38N4O5. The maximum atomic E-state index is 12.2. The Morgan fingerprint density at radius 3 is 2.51 bits per heavy atom. The van der Waals surface area contributed by atoms with Gasteiger partial charge in [-0.25, -0.2) is 15.0 Å². The van der Waals surface area contributed by atoms with Gasteiger partial charge in [0.15, 0.2) is 0 Å². The van der Waals surface area contributed by atoms with Crippen molar-refractivity contribution in [2.75, 3.05) is 13.7 Å². The summed E-state index contributed by atoms with van der Waals surface area (Å²) in [7, 11) is 1.40. The highest BCUT2D eigenvalue weighted by molar-refractivity contribution is 6.21. The second-order valence-electron chi connectivity index (χ2n) is 11.8. The van der Waals surface area contributed by atoms with E-state index < -0.39 is 6.10 Å². The number of carbonyl (C=O) groups is 1. The standard InChI is InChI=1S/C34H38N4O5/c1-7-19-22(14-39)27-13-28-31(18(5)40)16(3)24(35-28)11-23-15(2)20(8-9-30(42)43-6)33(37-23)21-10-29(41)32-17(4)25(38-34(21)32)12-26(19)36-27/h11-13,15,18,20,37,39-41H,7-10,14H2,1-6H3/t15-,18?,20-/m0/s1. The van der Waals surface area contributed by atoms with Gasteiger partial charge in [0, 0.05) is 58.4 Å². The van der Waals surface area contributed by atoms with Crippen LogP contribution in [0.3, 0.4) is 0 Å². The van der Waals surface area contributed by atoms with E-state index >= 15 is 0 Å². The van der Waals surface area contributed by atoms with Crippen molar-refractivity contribution in [3.05, 3.63) is 91.5 Å². The minimum atomic E-state index is -0.763. The third-order valence-corrected chi connectivity index (χ3v) is 9.40. The van der Waals surface area contributed by atoms with Crippen molar-refractivity contribution < 1.29 is 24.9 Å². The van der Waals surface area contributed by atoms with Gasteiger partial charge in [-0.05, 0) is 68.6 Å². The van der Waals surface area contributed by atoms with Crippen LogP contribution in [0.15, 0.2) is 106 Å². The summed E-state index contributed by atoms with van der Waals surface area (Å²) in [5.74, 6) is -0.00679. The number of fused-ring (bicyclic) bond motifs is 5. The molecule has 4 N–H and O–H groups in total. The van der Waals surface area contributed by atoms with Gasteiger partial charge in [-0.15, -0.1) is 0 Å². The number of ether oxygens (including phenoxy) is 1. The number of methoxy groups -OCH3 is 1. The molecule has 43 heavy (non-hydrogen) atoms. The Morgan fingerprint density at radius 2 is 1.84 bits per heavy atom. The summed E-state index contributed by atoms with van der Waals surface area (Å²) in [6, 6.07) is 0. The molecule has 1 saturated heterocycles. The molecular weight excluding hydrogens is 544 g/mol. The quantitative estimate of drug-likeness (QED) is 0.327. The second-order valence-corrected chi connectivity index (χ2v) is 11.8. The molecule has 9 nitrogen and oxygen atoms in total. The third kappa shape index (κ3) is 4.62. The number of nitrogens with zero attached hydrogens (tertiary/aromatic N) is 3. The van der Waals surface area contributed by atoms with E-state index in [4.69, 9.17) is 19.7 Å². The number of hydrogen-bond donors (Lipinski definition) is 4. The highest BCUT2D eigenvalue weighted by Crippen LogP contribution is 2.46. The van der Waals surface area contributed by atoms with E-state index in [1.165, 1.54) is 7.11 Å². The molecule has 1 unspecified atom stereocenters. The van der Waals surface area contributed by atoms with Crippen LogP contribution in [0, 0.1) is 11.8 Å². The van der Waals surface area contributed by atoms with Crippen molar-refractivity contribution in [1.29, 1.82) is 0 Å². The summed E-state index contributed by atoms with van der Waals surface area (Å²) >= 11 is 0. The lowest BCUT2D eigenvalue weighted by Crippen LogP contribution is -2.16. The molecule has 224 valence electrons. The van der Waals surface area contributed by atoms with Crippen LogP contribution in [0.4, 0.5) is 0 Å². The van der Waals surface area contributed by atoms with Crippen molar-refractivity contribution in [1.82, 2.24) is 5.32 Å². The molecule has 6 rings (SSSR count). The van der Waals surface area contributed by atoms with Gasteiger partial charge in [-0.2, -0.15) is 0 Å². The Morgan fingerprint density at radius 1 is 1.09 bits per heavy atom. The molecule has 0 spiro atoms. The van der Waals surface area contributed by atoms with Crippen LogP contribution in [0.25, 0.3) is 0 Å². The van der Waals surface area contributed by atoms with Gasteiger partial charge in [0.25, 0.3) is 0 Å². The molecule has 3 atom stereocenters. The lowest BCUT2D eigenvalue weighted by molar-refractivity contribution is -0.140. The van der Waals surface area contributed by atoms with Gasteiger partial charge >= 0.3 is 5.97 Å². The molecule has 0 aromatic rings. The average molecular weight is 583 g/mol. The Hall–Kier alpha value is -4.08. The van der Waals surface area contributed by atoms with Crippen molar-refractivity contribution in [3.8, 4) is 0 Å². The molecule has 1 fully saturated rings. The molecule has 0 aromatic heterocycles. The zero-order valence-electron chi connectivity index (χ0n) is 25.5. The van der Waals surface area contributed by atoms with Crippen molar-refractivity contribution >= 4 is 23.1 Å². The second kappa shape index (κ2) is 10.9. The predicted molar refractivity (Wildman–Crippen MR) is 166 cm³/mol. The van der Waals surface area contributed by atoms with Gasteiger partial charge in [-0.3, -0.25) is 4.79 Å². The van der Waals surface area contributed by atoms with Crippen LogP contribution in [0.1, 0.15) is 60.3 Å². The van der Waals surface area contributed by atoms with Gasteiger partial charge < -0.3 is 25.4 Å². The zero-order chi connectivity index (χ0) is 30.7. The Kier molecular flexibility index (Phi) is 7.34. The minimum absolute atomic E-state index is 0.0154. The van der Waals surface area contributed by atoms with Crippen molar-refractivity contribution in [3.63, 3.8) is 0 Å². The van der Waals surface area contributed by atoms with Crippen LogP contribution < -0.4 is 5.32 Å². The number of allylic oxidation sites excluding steroid dienone is 10. The highest BCUT2D eigenvalue weighted by Gasteiger charge is 2.41. The summed E-state index contributed by atoms with van der Waals surface area (Å²) < 4.78 is 4.96. The van der Waals surface area contributed by atoms with Crippen molar-refractivity contribution in [2.24, 2.45) is 26.8 Å². The van der Waals surface area contributed by atoms with Crippen LogP contribution >= 0.6 is 0 Å². The van der Waals surface area contributed by atoms with E-state index in [1.54, 1.807) is 6.92 Å². The third-order valence-electron chi connectivity index (χ3n) is 9.40. The number of esters is 1. The number of rotatable bonds is 6. The normalized spacial score (nSPS) is 25.2. The average Bonchev–Trinajstić information content (AvgIpc) is 3.73. The van der Waals surface area contributed by atoms with Gasteiger partial charge in [0.05, 0.1) is 54.0 Å². The van der Waals surface area contributed by atoms with Gasteiger partial charge in [0.2, 0.25) is 0 Å². The zero-order valence-corrected chi connectivity index (χ0v) is 25.5. The highest BCUT2D eigenvalue weighted by atomic mass is 16.5. The SMILES string of the molecule is CCC1=C(CO)C2=NC1=CC1=C(C)C3=C(O)CC(=C4NC(=CC5=NC(=C2)C(C(C)O)=C5C)[C@@H](C)[C@@H]4CCC(=O)OC)C3=N1. The molecule has 0 radical (unpaired) electrons. The largest absolute Gasteiger partial charge is 0.511 e. The van der Waals surface area contributed by atoms with E-state index in [0.717, 1.165) is 61.8 Å². The van der Waals surface area contributed by atoms with E-state index in [9.17, 15) is 20.1 Å². The fraction of sp³-hybridized carbons (Fsp3) is 0.412. The molecule has 5 aliphatic heterocycles. The van der Waals surface area contributed by atoms with Gasteiger partial charge in [-0.1, -0.05) is 13.8 Å². The monoisotopic (exact) mass is 582 g/mol. The Balaban J connectivity index is 1.61. The number of hydrogen-bond acceptors (Lipinski definition) is 9. The number of nitrogens with one attached hydrogen (secondary N) is 1. The first-order chi connectivity index (χ1) is 20.6. The Bertz CT molecular complexity index is 1700. The molecule has 8 bridgehead atoms. The molecule has 0 aromatic carbocycles. The van der Waals surface area contributed by atoms with Crippen LogP contribution in [0.5, 0.6) is 0 Å². The predicted octanol–water partition coefficient (Wildman–Crippen LogP) is 4.96. The summed E-state index contributed by atoms with van der Waals surface area (Å²) in [5, 5.41) is 36.1. The molecule has 0 amide bonds. The lowest BCUT2D eigenvalue weighted by atomic mass is 9.86. The number of aliphatic hydroxyl groups excluding tert-OH is 3. The number of aliphatic imine (C=N–C) groups is 3. The van der Waals surface area contributed by atoms with Crippen LogP contribution in [-0.2, 0) is 9.53 Å². The smallest absolute Gasteiger partial charge is 0.305 e. The fourth-order valence-electron chi connectivity index (χ4n) is 7.08. The first-order valence-corrected chi connectivity index (χ1v) is 14.9. The lowest BCUT2D eigenvalue weighted by Gasteiger charge is -2.17. The van der Waals surface area contributed by atoms with Crippen molar-refractivity contribution in [2.45, 2.75) is 66.4 Å². The number of carbonyl (C=O) groups excluding carboxylic acids is 1. The van der Waals surface area contributed by atoms with Crippen LogP contribution in [0.2, 0.25) is 0 Å². The fourth-order valence-corrected chi connectivity index (χ4v) is 7.08. The summed E-state index contributed by atoms with van der Waals surface area (Å²) in [6.45, 7) is 9.62. The first-order valence-electron chi connectivity index (χ1n) is 14.9. The maximum Gasteiger partial charge on any atom is 0.305 e. The first kappa shape index (κ1) is 29.0. The number of aliphatic hydroxyl groups is 3. The molecule has 5 heterocycles. The summed E-state index contributed by atoms with van der Waals surface area (Å²) in [4.78, 5) is 27.1. The minimum Gasteiger partial charge on any atom is -0.511 e. The molecule has 0 saturated carbocycles. The summed E-state index contributed by atoms with van der Waals surface area (Å²) in [6.07, 6.45) is 6.88. The van der Waals surface area contributed by atoms with E-state index in [0.29, 0.717) is 42.1 Å². The van der Waals surface area contributed by atoms with Crippen LogP contribution in [-0.4, -0.2) is 58.2 Å². The van der Waals surface area contributed by atoms with E-state index in [2.05, 4.69) is 12.2 Å². The topological polar surface area (TPSA) is 136 Å². The maximum absolute atomic E-state index is 12.2. The molecule has 9 heteroatoms. The Labute approximate surface area is 251 Å². The molecule has 1 aliphatic carbocycles. The van der Waals surface area contributed by atoms with E-state index in [-0.39, 0.29) is 36.6 Å². The van der Waals surface area contributed by atoms with E-state index in [1.807, 2.05) is 39.0 Å². The van der Waals surface area contributed by atoms with Gasteiger partial charge in [0.1, 0.15) is 5.76 Å². The summed E-state index contributed by atoms with van der Waals surface area (Å²) in [5.41, 5.74) is 11.8.